The molecule has 0 unspecified atom stereocenters. The first kappa shape index (κ1) is 15.0. The summed E-state index contributed by atoms with van der Waals surface area (Å²) in [5.74, 6) is 0.255. The Morgan fingerprint density at radius 3 is 2.46 bits per heavy atom. The normalized spacial score (nSPS) is 16.3. The zero-order chi connectivity index (χ0) is 16.4. The maximum Gasteiger partial charge on any atom is 0.287 e. The maximum absolute atomic E-state index is 12.5. The minimum atomic E-state index is -0.131. The van der Waals surface area contributed by atoms with E-state index < -0.39 is 0 Å². The Morgan fingerprint density at radius 1 is 1.00 bits per heavy atom. The van der Waals surface area contributed by atoms with Crippen molar-refractivity contribution in [1.29, 1.82) is 0 Å². The van der Waals surface area contributed by atoms with Crippen molar-refractivity contribution in [3.05, 3.63) is 72.0 Å². The van der Waals surface area contributed by atoms with Gasteiger partial charge < -0.3 is 9.73 Å². The summed E-state index contributed by atoms with van der Waals surface area (Å²) >= 11 is 0. The van der Waals surface area contributed by atoms with Crippen molar-refractivity contribution in [2.24, 2.45) is 0 Å². The first-order chi connectivity index (χ1) is 11.8. The third-order valence-electron chi connectivity index (χ3n) is 5.18. The molecule has 0 spiro atoms. The van der Waals surface area contributed by atoms with Gasteiger partial charge in [0.05, 0.1) is 0 Å². The molecule has 0 saturated heterocycles. The summed E-state index contributed by atoms with van der Waals surface area (Å²) in [6, 6.07) is 20.1. The predicted molar refractivity (Wildman–Crippen MR) is 95.1 cm³/mol. The van der Waals surface area contributed by atoms with E-state index in [0.717, 1.165) is 23.8 Å². The Labute approximate surface area is 141 Å². The van der Waals surface area contributed by atoms with E-state index in [1.54, 1.807) is 0 Å². The second kappa shape index (κ2) is 6.16. The third kappa shape index (κ3) is 2.71. The van der Waals surface area contributed by atoms with Crippen LogP contribution in [0.5, 0.6) is 0 Å². The van der Waals surface area contributed by atoms with Crippen molar-refractivity contribution in [2.75, 3.05) is 6.54 Å². The Morgan fingerprint density at radius 2 is 1.71 bits per heavy atom. The first-order valence-corrected chi connectivity index (χ1v) is 8.59. The highest BCUT2D eigenvalue weighted by Gasteiger charge is 2.36. The quantitative estimate of drug-likeness (QED) is 0.759. The Hall–Kier alpha value is -2.55. The fourth-order valence-corrected chi connectivity index (χ4v) is 3.84. The van der Waals surface area contributed by atoms with Gasteiger partial charge >= 0.3 is 0 Å². The minimum absolute atomic E-state index is 0.0585. The van der Waals surface area contributed by atoms with Gasteiger partial charge in [-0.2, -0.15) is 0 Å². The van der Waals surface area contributed by atoms with E-state index in [1.807, 2.05) is 36.4 Å². The zero-order valence-corrected chi connectivity index (χ0v) is 13.6. The molecule has 0 atom stereocenters. The predicted octanol–water partition coefficient (Wildman–Crippen LogP) is 4.67. The smallest absolute Gasteiger partial charge is 0.287 e. The second-order valence-electron chi connectivity index (χ2n) is 6.68. The molecule has 4 rings (SSSR count). The SMILES string of the molecule is O=C(NCC1(c2ccccc2)CCCC1)c1cc2ccccc2o1. The summed E-state index contributed by atoms with van der Waals surface area (Å²) in [7, 11) is 0. The van der Waals surface area contributed by atoms with Crippen LogP contribution in [0, 0.1) is 0 Å². The Balaban J connectivity index is 1.53. The number of para-hydroxylation sites is 1. The molecule has 122 valence electrons. The molecule has 1 aliphatic rings. The topological polar surface area (TPSA) is 42.2 Å². The number of hydrogen-bond acceptors (Lipinski definition) is 2. The molecular weight excluding hydrogens is 298 g/mol. The molecular formula is C21H21NO2. The third-order valence-corrected chi connectivity index (χ3v) is 5.18. The number of fused-ring (bicyclic) bond motifs is 1. The number of hydrogen-bond donors (Lipinski definition) is 1. The molecule has 1 heterocycles. The van der Waals surface area contributed by atoms with Crippen LogP contribution in [0.1, 0.15) is 41.8 Å². The van der Waals surface area contributed by atoms with Gasteiger partial charge in [0.15, 0.2) is 5.76 Å². The van der Waals surface area contributed by atoms with Crippen LogP contribution in [0.25, 0.3) is 11.0 Å². The lowest BCUT2D eigenvalue weighted by Gasteiger charge is -2.29. The highest BCUT2D eigenvalue weighted by atomic mass is 16.3. The average Bonchev–Trinajstić information content (AvgIpc) is 3.28. The van der Waals surface area contributed by atoms with E-state index in [0.29, 0.717) is 12.3 Å². The van der Waals surface area contributed by atoms with Gasteiger partial charge in [-0.3, -0.25) is 4.79 Å². The lowest BCUT2D eigenvalue weighted by atomic mass is 9.79. The van der Waals surface area contributed by atoms with Gasteiger partial charge in [0.2, 0.25) is 0 Å². The van der Waals surface area contributed by atoms with Crippen LogP contribution < -0.4 is 5.32 Å². The molecule has 1 aromatic heterocycles. The largest absolute Gasteiger partial charge is 0.451 e. The molecule has 0 bridgehead atoms. The Kier molecular flexibility index (Phi) is 3.85. The first-order valence-electron chi connectivity index (χ1n) is 8.59. The number of furan rings is 1. The van der Waals surface area contributed by atoms with E-state index in [4.69, 9.17) is 4.42 Å². The monoisotopic (exact) mass is 319 g/mol. The average molecular weight is 319 g/mol. The molecule has 1 amide bonds. The van der Waals surface area contributed by atoms with Crippen molar-refractivity contribution < 1.29 is 9.21 Å². The molecule has 3 nitrogen and oxygen atoms in total. The van der Waals surface area contributed by atoms with E-state index >= 15 is 0 Å². The summed E-state index contributed by atoms with van der Waals surface area (Å²) in [6.45, 7) is 0.660. The van der Waals surface area contributed by atoms with Crippen LogP contribution >= 0.6 is 0 Å². The van der Waals surface area contributed by atoms with Crippen molar-refractivity contribution in [2.45, 2.75) is 31.1 Å². The molecule has 2 aromatic carbocycles. The molecule has 1 saturated carbocycles. The summed E-state index contributed by atoms with van der Waals surface area (Å²) in [4.78, 5) is 12.5. The van der Waals surface area contributed by atoms with Crippen molar-refractivity contribution >= 4 is 16.9 Å². The van der Waals surface area contributed by atoms with E-state index in [2.05, 4.69) is 29.6 Å². The van der Waals surface area contributed by atoms with Crippen LogP contribution in [0.3, 0.4) is 0 Å². The van der Waals surface area contributed by atoms with Gasteiger partial charge in [0.1, 0.15) is 5.58 Å². The summed E-state index contributed by atoms with van der Waals surface area (Å²) in [6.07, 6.45) is 4.68. The standard InChI is InChI=1S/C21H21NO2/c23-20(19-14-16-8-4-5-11-18(16)24-19)22-15-21(12-6-7-13-21)17-9-2-1-3-10-17/h1-5,8-11,14H,6-7,12-13,15H2,(H,22,23). The zero-order valence-electron chi connectivity index (χ0n) is 13.6. The van der Waals surface area contributed by atoms with Crippen LogP contribution in [0.4, 0.5) is 0 Å². The summed E-state index contributed by atoms with van der Waals surface area (Å²) in [5.41, 5.74) is 2.14. The molecule has 3 heteroatoms. The fraction of sp³-hybridized carbons (Fsp3) is 0.286. The summed E-state index contributed by atoms with van der Waals surface area (Å²) < 4.78 is 5.67. The van der Waals surface area contributed by atoms with Gasteiger partial charge in [-0.1, -0.05) is 61.4 Å². The van der Waals surface area contributed by atoms with E-state index in [-0.39, 0.29) is 11.3 Å². The fourth-order valence-electron chi connectivity index (χ4n) is 3.84. The van der Waals surface area contributed by atoms with Crippen molar-refractivity contribution in [3.63, 3.8) is 0 Å². The number of carbonyl (C=O) groups is 1. The van der Waals surface area contributed by atoms with Crippen LogP contribution in [-0.4, -0.2) is 12.5 Å². The summed E-state index contributed by atoms with van der Waals surface area (Å²) in [5, 5.41) is 4.07. The molecule has 1 aliphatic carbocycles. The Bertz CT molecular complexity index is 811. The highest BCUT2D eigenvalue weighted by Crippen LogP contribution is 2.40. The molecule has 24 heavy (non-hydrogen) atoms. The van der Waals surface area contributed by atoms with E-state index in [1.165, 1.54) is 18.4 Å². The van der Waals surface area contributed by atoms with Gasteiger partial charge in [-0.25, -0.2) is 0 Å². The van der Waals surface area contributed by atoms with Crippen LogP contribution in [0.15, 0.2) is 65.1 Å². The van der Waals surface area contributed by atoms with Crippen molar-refractivity contribution in [3.8, 4) is 0 Å². The molecule has 0 aliphatic heterocycles. The minimum Gasteiger partial charge on any atom is -0.451 e. The van der Waals surface area contributed by atoms with Crippen molar-refractivity contribution in [1.82, 2.24) is 5.32 Å². The number of amides is 1. The molecule has 1 N–H and O–H groups in total. The van der Waals surface area contributed by atoms with Gasteiger partial charge in [0.25, 0.3) is 5.91 Å². The lowest BCUT2D eigenvalue weighted by molar-refractivity contribution is 0.0917. The van der Waals surface area contributed by atoms with E-state index in [9.17, 15) is 4.79 Å². The van der Waals surface area contributed by atoms with Crippen LogP contribution in [-0.2, 0) is 5.41 Å². The van der Waals surface area contributed by atoms with Gasteiger partial charge in [0, 0.05) is 17.3 Å². The molecule has 0 radical (unpaired) electrons. The highest BCUT2D eigenvalue weighted by molar-refractivity contribution is 5.96. The number of benzene rings is 2. The van der Waals surface area contributed by atoms with Gasteiger partial charge in [-0.05, 0) is 30.5 Å². The maximum atomic E-state index is 12.5. The number of nitrogens with one attached hydrogen (secondary N) is 1. The lowest BCUT2D eigenvalue weighted by Crippen LogP contribution is -2.38. The second-order valence-corrected chi connectivity index (χ2v) is 6.68. The van der Waals surface area contributed by atoms with Gasteiger partial charge in [-0.15, -0.1) is 0 Å². The molecule has 3 aromatic rings. The van der Waals surface area contributed by atoms with Crippen LogP contribution in [0.2, 0.25) is 0 Å². The number of carbonyl (C=O) groups excluding carboxylic acids is 1. The molecule has 1 fully saturated rings. The number of rotatable bonds is 4.